The largest absolute Gasteiger partial charge is 0.383 e. The van der Waals surface area contributed by atoms with Gasteiger partial charge in [-0.2, -0.15) is 0 Å². The highest BCUT2D eigenvalue weighted by molar-refractivity contribution is 7.97. The van der Waals surface area contributed by atoms with Crippen LogP contribution in [0.5, 0.6) is 0 Å². The van der Waals surface area contributed by atoms with E-state index in [4.69, 9.17) is 5.41 Å². The van der Waals surface area contributed by atoms with Crippen molar-refractivity contribution < 1.29 is 9.90 Å². The molecule has 1 aromatic carbocycles. The molecule has 9 nitrogen and oxygen atoms in total. The minimum absolute atomic E-state index is 0.0978. The summed E-state index contributed by atoms with van der Waals surface area (Å²) < 4.78 is 3.57. The number of aromatic nitrogens is 2. The Labute approximate surface area is 208 Å². The summed E-state index contributed by atoms with van der Waals surface area (Å²) in [6, 6.07) is 4.17. The number of piperazine rings is 1. The van der Waals surface area contributed by atoms with Crippen LogP contribution in [0.25, 0.3) is 0 Å². The predicted molar refractivity (Wildman–Crippen MR) is 136 cm³/mol. The van der Waals surface area contributed by atoms with Gasteiger partial charge in [-0.1, -0.05) is 11.3 Å². The lowest BCUT2D eigenvalue weighted by Crippen LogP contribution is -2.48. The van der Waals surface area contributed by atoms with E-state index < -0.39 is 5.60 Å². The van der Waals surface area contributed by atoms with Gasteiger partial charge < -0.3 is 25.6 Å². The molecule has 5 rings (SSSR count). The number of hydrogen-bond donors (Lipinski definition) is 4. The quantitative estimate of drug-likeness (QED) is 0.321. The number of benzene rings is 1. The van der Waals surface area contributed by atoms with Crippen LogP contribution in [0.1, 0.15) is 56.5 Å². The van der Waals surface area contributed by atoms with Gasteiger partial charge in [0.25, 0.3) is 0 Å². The monoisotopic (exact) mass is 501 g/mol. The molecule has 34 heavy (non-hydrogen) atoms. The van der Waals surface area contributed by atoms with Gasteiger partial charge >= 0.3 is 0 Å². The Balaban J connectivity index is 1.43. The summed E-state index contributed by atoms with van der Waals surface area (Å²) in [5, 5.41) is 32.0. The van der Waals surface area contributed by atoms with Gasteiger partial charge in [-0.15, -0.1) is 10.2 Å². The van der Waals surface area contributed by atoms with Crippen LogP contribution in [-0.4, -0.2) is 64.0 Å². The molecule has 3 fully saturated rings. The lowest BCUT2D eigenvalue weighted by molar-refractivity contribution is -0.129. The van der Waals surface area contributed by atoms with Crippen molar-refractivity contribution in [2.24, 2.45) is 0 Å². The molecule has 0 spiro atoms. The Hall–Kier alpha value is -2.21. The van der Waals surface area contributed by atoms with Gasteiger partial charge in [0.1, 0.15) is 5.60 Å². The third-order valence-corrected chi connectivity index (χ3v) is 9.10. The topological polar surface area (TPSA) is 117 Å². The third kappa shape index (κ3) is 4.79. The van der Waals surface area contributed by atoms with Crippen LogP contribution in [0.4, 0.5) is 16.5 Å². The van der Waals surface area contributed by atoms with Crippen LogP contribution in [0.2, 0.25) is 0 Å². The first-order chi connectivity index (χ1) is 16.3. The first kappa shape index (κ1) is 23.5. The molecule has 11 heteroatoms. The third-order valence-electron chi connectivity index (χ3n) is 7.00. The molecule has 1 saturated heterocycles. The Morgan fingerprint density at radius 2 is 1.94 bits per heavy atom. The standard InChI is InChI=1S/C23H31N7O2S2/c1-15(31)29-8-10-30(11-9-29)19-13-16(34-28-22(2)6-7-22)12-18(17(19)14-24)25-21-27-26-20(33-21)23(32)4-3-5-23/h12-14,24,28,32H,3-11H2,1-2H3,(H,25,27). The molecule has 1 aromatic heterocycles. The van der Waals surface area contributed by atoms with Crippen molar-refractivity contribution in [1.82, 2.24) is 19.8 Å². The van der Waals surface area contributed by atoms with Gasteiger partial charge in [-0.3, -0.25) is 9.52 Å². The molecule has 2 heterocycles. The van der Waals surface area contributed by atoms with E-state index in [9.17, 15) is 9.90 Å². The second kappa shape index (κ2) is 9.10. The Bertz CT molecular complexity index is 1090. The fourth-order valence-electron chi connectivity index (χ4n) is 4.22. The Morgan fingerprint density at radius 3 is 2.53 bits per heavy atom. The molecule has 0 unspecified atom stereocenters. The molecule has 0 atom stereocenters. The lowest BCUT2D eigenvalue weighted by atomic mass is 9.81. The number of amides is 1. The highest BCUT2D eigenvalue weighted by Crippen LogP contribution is 2.44. The van der Waals surface area contributed by atoms with Gasteiger partial charge in [-0.25, -0.2) is 0 Å². The summed E-state index contributed by atoms with van der Waals surface area (Å²) in [4.78, 5) is 16.9. The average molecular weight is 502 g/mol. The fraction of sp³-hybridized carbons (Fsp3) is 0.565. The van der Waals surface area contributed by atoms with Gasteiger partial charge in [0.2, 0.25) is 11.0 Å². The number of nitrogens with zero attached hydrogens (tertiary/aromatic N) is 4. The number of anilines is 3. The summed E-state index contributed by atoms with van der Waals surface area (Å²) >= 11 is 2.98. The lowest BCUT2D eigenvalue weighted by Gasteiger charge is -2.36. The molecule has 2 aromatic rings. The molecule has 1 aliphatic heterocycles. The maximum Gasteiger partial charge on any atom is 0.219 e. The number of hydrogen-bond acceptors (Lipinski definition) is 10. The summed E-state index contributed by atoms with van der Waals surface area (Å²) in [6.45, 7) is 6.60. The highest BCUT2D eigenvalue weighted by Gasteiger charge is 2.40. The van der Waals surface area contributed by atoms with Crippen LogP contribution >= 0.6 is 23.3 Å². The number of carbonyl (C=O) groups excluding carboxylic acids is 1. The Morgan fingerprint density at radius 1 is 1.21 bits per heavy atom. The van der Waals surface area contributed by atoms with Crippen molar-refractivity contribution in [2.75, 3.05) is 36.4 Å². The van der Waals surface area contributed by atoms with Crippen LogP contribution in [-0.2, 0) is 10.4 Å². The van der Waals surface area contributed by atoms with Crippen molar-refractivity contribution in [3.8, 4) is 0 Å². The number of aliphatic hydroxyl groups is 1. The van der Waals surface area contributed by atoms with E-state index in [0.717, 1.165) is 54.2 Å². The van der Waals surface area contributed by atoms with E-state index in [0.29, 0.717) is 23.2 Å². The van der Waals surface area contributed by atoms with E-state index in [1.54, 1.807) is 18.9 Å². The predicted octanol–water partition coefficient (Wildman–Crippen LogP) is 3.47. The van der Waals surface area contributed by atoms with Crippen LogP contribution in [0.15, 0.2) is 17.0 Å². The van der Waals surface area contributed by atoms with Gasteiger partial charge in [0.05, 0.1) is 5.69 Å². The minimum atomic E-state index is -0.842. The maximum absolute atomic E-state index is 11.8. The van der Waals surface area contributed by atoms with Crippen molar-refractivity contribution in [3.63, 3.8) is 0 Å². The number of rotatable bonds is 8. The van der Waals surface area contributed by atoms with E-state index in [1.165, 1.54) is 30.4 Å². The fourth-order valence-corrected chi connectivity index (χ4v) is 6.04. The zero-order valence-electron chi connectivity index (χ0n) is 19.6. The minimum Gasteiger partial charge on any atom is -0.383 e. The van der Waals surface area contributed by atoms with Crippen LogP contribution in [0.3, 0.4) is 0 Å². The van der Waals surface area contributed by atoms with Gasteiger partial charge in [0, 0.05) is 61.0 Å². The Kier molecular flexibility index (Phi) is 6.30. The van der Waals surface area contributed by atoms with Crippen molar-refractivity contribution in [2.45, 2.75) is 62.0 Å². The second-order valence-corrected chi connectivity index (χ2v) is 11.6. The summed E-state index contributed by atoms with van der Waals surface area (Å²) in [5.41, 5.74) is 1.87. The maximum atomic E-state index is 11.8. The van der Waals surface area contributed by atoms with Crippen LogP contribution < -0.4 is 14.9 Å². The summed E-state index contributed by atoms with van der Waals surface area (Å²) in [5.74, 6) is 0.0978. The number of carbonyl (C=O) groups is 1. The SMILES string of the molecule is CC(=O)N1CCN(c2cc(SNC3(C)CC3)cc(Nc3nnc(C4(O)CCC4)s3)c2C=N)CC1. The molecular formula is C23H31N7O2S2. The average Bonchev–Trinajstić information content (AvgIpc) is 3.36. The van der Waals surface area contributed by atoms with Crippen molar-refractivity contribution in [1.29, 1.82) is 5.41 Å². The number of nitrogens with one attached hydrogen (secondary N) is 3. The smallest absolute Gasteiger partial charge is 0.219 e. The van der Waals surface area contributed by atoms with Crippen molar-refractivity contribution in [3.05, 3.63) is 22.7 Å². The molecular weight excluding hydrogens is 470 g/mol. The first-order valence-corrected chi connectivity index (χ1v) is 13.4. The molecule has 182 valence electrons. The van der Waals surface area contributed by atoms with E-state index >= 15 is 0 Å². The van der Waals surface area contributed by atoms with Crippen molar-refractivity contribution >= 4 is 51.9 Å². The second-order valence-electron chi connectivity index (χ2n) is 9.73. The normalized spacial score (nSPS) is 20.6. The molecule has 1 amide bonds. The molecule has 3 aliphatic rings. The van der Waals surface area contributed by atoms with Gasteiger partial charge in [-0.05, 0) is 63.1 Å². The summed E-state index contributed by atoms with van der Waals surface area (Å²) in [6.07, 6.45) is 6.16. The van der Waals surface area contributed by atoms with E-state index in [-0.39, 0.29) is 11.4 Å². The summed E-state index contributed by atoms with van der Waals surface area (Å²) in [7, 11) is 0. The van der Waals surface area contributed by atoms with Crippen LogP contribution in [0, 0.1) is 5.41 Å². The first-order valence-electron chi connectivity index (χ1n) is 11.7. The molecule has 2 aliphatic carbocycles. The van der Waals surface area contributed by atoms with Gasteiger partial charge in [0.15, 0.2) is 5.01 Å². The molecule has 4 N–H and O–H groups in total. The molecule has 0 bridgehead atoms. The van der Waals surface area contributed by atoms with E-state index in [1.807, 2.05) is 11.0 Å². The molecule has 2 saturated carbocycles. The molecule has 0 radical (unpaired) electrons. The zero-order valence-corrected chi connectivity index (χ0v) is 21.2. The zero-order chi connectivity index (χ0) is 23.9. The highest BCUT2D eigenvalue weighted by atomic mass is 32.2. The van der Waals surface area contributed by atoms with E-state index in [2.05, 4.69) is 38.1 Å².